The molecule has 0 N–H and O–H groups in total. The Labute approximate surface area is 169 Å². The maximum Gasteiger partial charge on any atom is 0.175 e. The molecular weight excluding hydrogens is 382 g/mol. The van der Waals surface area contributed by atoms with Crippen molar-refractivity contribution in [2.75, 3.05) is 62.8 Å². The standard InChI is InChI=1S/C19H29N3O3S2/c1-15(2)17(23)13-25-11-10-21-6-8-22(9-7-21)19-5-4-16(12-20-19)18(24)14-27-26-3/h4-5,12,15H,6-11,13-14H2,1-3H3. The molecule has 1 aliphatic rings. The van der Waals surface area contributed by atoms with Crippen molar-refractivity contribution in [1.82, 2.24) is 9.88 Å². The first-order valence-electron chi connectivity index (χ1n) is 9.24. The number of carbonyl (C=O) groups is 2. The summed E-state index contributed by atoms with van der Waals surface area (Å²) in [4.78, 5) is 32.6. The first kappa shape index (κ1) is 22.2. The molecule has 0 spiro atoms. The molecular formula is C19H29N3O3S2. The van der Waals surface area contributed by atoms with Gasteiger partial charge in [-0.3, -0.25) is 14.5 Å². The Morgan fingerprint density at radius 1 is 1.22 bits per heavy atom. The molecule has 0 aliphatic carbocycles. The Hall–Kier alpha value is -1.09. The van der Waals surface area contributed by atoms with Gasteiger partial charge in [-0.05, 0) is 18.4 Å². The van der Waals surface area contributed by atoms with Gasteiger partial charge in [-0.15, -0.1) is 0 Å². The van der Waals surface area contributed by atoms with E-state index in [9.17, 15) is 9.59 Å². The molecule has 2 rings (SSSR count). The van der Waals surface area contributed by atoms with Gasteiger partial charge in [-0.1, -0.05) is 35.4 Å². The van der Waals surface area contributed by atoms with Crippen LogP contribution in [0, 0.1) is 5.92 Å². The van der Waals surface area contributed by atoms with Crippen LogP contribution in [0.5, 0.6) is 0 Å². The van der Waals surface area contributed by atoms with Gasteiger partial charge in [0.05, 0.1) is 12.4 Å². The lowest BCUT2D eigenvalue weighted by molar-refractivity contribution is -0.126. The van der Waals surface area contributed by atoms with Gasteiger partial charge in [0.15, 0.2) is 11.6 Å². The highest BCUT2D eigenvalue weighted by atomic mass is 33.1. The summed E-state index contributed by atoms with van der Waals surface area (Å²) in [5, 5.41) is 0. The number of nitrogens with zero attached hydrogens (tertiary/aromatic N) is 3. The Morgan fingerprint density at radius 2 is 1.96 bits per heavy atom. The highest BCUT2D eigenvalue weighted by Gasteiger charge is 2.18. The molecule has 27 heavy (non-hydrogen) atoms. The Bertz CT molecular complexity index is 603. The van der Waals surface area contributed by atoms with E-state index in [4.69, 9.17) is 4.74 Å². The minimum atomic E-state index is 0.0343. The van der Waals surface area contributed by atoms with Gasteiger partial charge >= 0.3 is 0 Å². The van der Waals surface area contributed by atoms with Crippen LogP contribution >= 0.6 is 21.6 Å². The molecule has 1 fully saturated rings. The molecule has 0 aromatic carbocycles. The van der Waals surface area contributed by atoms with Crippen LogP contribution in [0.1, 0.15) is 24.2 Å². The fraction of sp³-hybridized carbons (Fsp3) is 0.632. The van der Waals surface area contributed by atoms with Crippen LogP contribution in [0.2, 0.25) is 0 Å². The molecule has 0 bridgehead atoms. The molecule has 0 atom stereocenters. The van der Waals surface area contributed by atoms with Crippen LogP contribution in [0.3, 0.4) is 0 Å². The van der Waals surface area contributed by atoms with Crippen LogP contribution in [0.4, 0.5) is 5.82 Å². The van der Waals surface area contributed by atoms with Crippen molar-refractivity contribution in [2.45, 2.75) is 13.8 Å². The minimum Gasteiger partial charge on any atom is -0.372 e. The van der Waals surface area contributed by atoms with Crippen molar-refractivity contribution in [3.63, 3.8) is 0 Å². The van der Waals surface area contributed by atoms with E-state index < -0.39 is 0 Å². The molecule has 0 radical (unpaired) electrons. The number of aromatic nitrogens is 1. The second-order valence-corrected chi connectivity index (χ2v) is 9.32. The molecule has 0 amide bonds. The third kappa shape index (κ3) is 7.44. The maximum absolute atomic E-state index is 12.0. The van der Waals surface area contributed by atoms with Crippen molar-refractivity contribution in [2.24, 2.45) is 5.92 Å². The maximum atomic E-state index is 12.0. The summed E-state index contributed by atoms with van der Waals surface area (Å²) in [5.41, 5.74) is 0.673. The minimum absolute atomic E-state index is 0.0343. The van der Waals surface area contributed by atoms with Gasteiger partial charge in [0, 0.05) is 50.4 Å². The fourth-order valence-corrected chi connectivity index (χ4v) is 3.73. The molecule has 150 valence electrons. The monoisotopic (exact) mass is 411 g/mol. The van der Waals surface area contributed by atoms with Crippen LogP contribution in [-0.2, 0) is 9.53 Å². The topological polar surface area (TPSA) is 62.7 Å². The van der Waals surface area contributed by atoms with Crippen LogP contribution in [-0.4, -0.2) is 79.4 Å². The number of ether oxygens (including phenoxy) is 1. The Balaban J connectivity index is 1.70. The van der Waals surface area contributed by atoms with E-state index in [2.05, 4.69) is 14.8 Å². The average Bonchev–Trinajstić information content (AvgIpc) is 2.69. The summed E-state index contributed by atoms with van der Waals surface area (Å²) in [5.74, 6) is 1.70. The highest BCUT2D eigenvalue weighted by Crippen LogP contribution is 2.19. The van der Waals surface area contributed by atoms with E-state index in [-0.39, 0.29) is 24.1 Å². The van der Waals surface area contributed by atoms with Crippen molar-refractivity contribution in [3.8, 4) is 0 Å². The zero-order valence-electron chi connectivity index (χ0n) is 16.3. The molecule has 8 heteroatoms. The van der Waals surface area contributed by atoms with Crippen LogP contribution in [0.25, 0.3) is 0 Å². The predicted octanol–water partition coefficient (Wildman–Crippen LogP) is 2.64. The lowest BCUT2D eigenvalue weighted by Crippen LogP contribution is -2.47. The van der Waals surface area contributed by atoms with Crippen molar-refractivity contribution in [3.05, 3.63) is 23.9 Å². The smallest absolute Gasteiger partial charge is 0.175 e. The lowest BCUT2D eigenvalue weighted by Gasteiger charge is -2.35. The number of Topliss-reactive ketones (excluding diaryl/α,β-unsaturated/α-hetero) is 2. The number of hydrogen-bond donors (Lipinski definition) is 0. The summed E-state index contributed by atoms with van der Waals surface area (Å²) in [6.45, 7) is 9.09. The van der Waals surface area contributed by atoms with Gasteiger partial charge in [0.2, 0.25) is 0 Å². The number of rotatable bonds is 11. The zero-order valence-corrected chi connectivity index (χ0v) is 18.0. The van der Waals surface area contributed by atoms with E-state index >= 15 is 0 Å². The van der Waals surface area contributed by atoms with Gasteiger partial charge in [-0.2, -0.15) is 0 Å². The molecule has 6 nitrogen and oxygen atoms in total. The Kier molecular flexibility index (Phi) is 9.61. The van der Waals surface area contributed by atoms with Gasteiger partial charge in [0.25, 0.3) is 0 Å². The van der Waals surface area contributed by atoms with Crippen LogP contribution in [0.15, 0.2) is 18.3 Å². The average molecular weight is 412 g/mol. The van der Waals surface area contributed by atoms with E-state index in [0.29, 0.717) is 17.9 Å². The van der Waals surface area contributed by atoms with Gasteiger partial charge < -0.3 is 9.64 Å². The molecule has 1 aromatic rings. The first-order chi connectivity index (χ1) is 13.0. The summed E-state index contributed by atoms with van der Waals surface area (Å²) in [7, 11) is 3.15. The SMILES string of the molecule is CSSCC(=O)c1ccc(N2CCN(CCOCC(=O)C(C)C)CC2)nc1. The first-order valence-corrected chi connectivity index (χ1v) is 12.0. The third-order valence-electron chi connectivity index (χ3n) is 4.51. The van der Waals surface area contributed by atoms with Crippen molar-refractivity contribution in [1.29, 1.82) is 0 Å². The van der Waals surface area contributed by atoms with E-state index in [1.54, 1.807) is 27.8 Å². The fourth-order valence-electron chi connectivity index (χ4n) is 2.67. The number of hydrogen-bond acceptors (Lipinski definition) is 8. The lowest BCUT2D eigenvalue weighted by atomic mass is 10.1. The zero-order chi connectivity index (χ0) is 19.6. The third-order valence-corrected chi connectivity index (χ3v) is 6.19. The predicted molar refractivity (Wildman–Crippen MR) is 114 cm³/mol. The largest absolute Gasteiger partial charge is 0.372 e. The number of ketones is 2. The van der Waals surface area contributed by atoms with Crippen LogP contribution < -0.4 is 4.90 Å². The number of carbonyl (C=O) groups excluding carboxylic acids is 2. The highest BCUT2D eigenvalue weighted by molar-refractivity contribution is 8.76. The summed E-state index contributed by atoms with van der Waals surface area (Å²) >= 11 is 0. The Morgan fingerprint density at radius 3 is 2.56 bits per heavy atom. The van der Waals surface area contributed by atoms with E-state index in [1.165, 1.54) is 0 Å². The van der Waals surface area contributed by atoms with Crippen molar-refractivity contribution < 1.29 is 14.3 Å². The van der Waals surface area contributed by atoms with Crippen molar-refractivity contribution >= 4 is 39.0 Å². The summed E-state index contributed by atoms with van der Waals surface area (Å²) in [6, 6.07) is 3.81. The quantitative estimate of drug-likeness (QED) is 0.313. The second kappa shape index (κ2) is 11.7. The summed E-state index contributed by atoms with van der Waals surface area (Å²) in [6.07, 6.45) is 3.65. The number of piperazine rings is 1. The second-order valence-electron chi connectivity index (χ2n) is 6.76. The molecule has 1 saturated heterocycles. The van der Waals surface area contributed by atoms with Gasteiger partial charge in [-0.25, -0.2) is 4.98 Å². The molecule has 2 heterocycles. The molecule has 0 saturated carbocycles. The number of anilines is 1. The molecule has 1 aliphatic heterocycles. The number of pyridine rings is 1. The van der Waals surface area contributed by atoms with E-state index in [0.717, 1.165) is 38.5 Å². The normalized spacial score (nSPS) is 15.3. The molecule has 0 unspecified atom stereocenters. The van der Waals surface area contributed by atoms with E-state index in [1.807, 2.05) is 32.2 Å². The molecule has 1 aromatic heterocycles. The summed E-state index contributed by atoms with van der Waals surface area (Å²) < 4.78 is 5.48. The van der Waals surface area contributed by atoms with Gasteiger partial charge in [0.1, 0.15) is 12.4 Å².